The first-order chi connectivity index (χ1) is 13.5. The van der Waals surface area contributed by atoms with E-state index in [1.54, 1.807) is 0 Å². The number of hydrogen-bond acceptors (Lipinski definition) is 3. The first-order valence-corrected chi connectivity index (χ1v) is 10.7. The molecule has 3 rings (SSSR count). The molecule has 2 aromatic carbocycles. The van der Waals surface area contributed by atoms with Gasteiger partial charge in [0.2, 0.25) is 0 Å². The van der Waals surface area contributed by atoms with Crippen LogP contribution in [-0.4, -0.2) is 29.4 Å². The fourth-order valence-electron chi connectivity index (χ4n) is 4.07. The van der Waals surface area contributed by atoms with Crippen molar-refractivity contribution in [1.82, 2.24) is 10.2 Å². The van der Waals surface area contributed by atoms with Gasteiger partial charge >= 0.3 is 0 Å². The molecular weight excluding hydrogens is 342 g/mol. The van der Waals surface area contributed by atoms with E-state index in [9.17, 15) is 0 Å². The second kappa shape index (κ2) is 9.88. The van der Waals surface area contributed by atoms with Crippen LogP contribution in [0.15, 0.2) is 65.7 Å². The van der Waals surface area contributed by atoms with Gasteiger partial charge in [-0.25, -0.2) is 0 Å². The minimum atomic E-state index is 0.365. The average Bonchev–Trinajstić information content (AvgIpc) is 3.00. The largest absolute Gasteiger partial charge is 0.349 e. The number of nitrogens with zero attached hydrogens (tertiary/aromatic N) is 2. The van der Waals surface area contributed by atoms with Gasteiger partial charge in [0.1, 0.15) is 5.84 Å². The second-order valence-electron chi connectivity index (χ2n) is 8.64. The van der Waals surface area contributed by atoms with Gasteiger partial charge in [-0.05, 0) is 23.5 Å². The van der Waals surface area contributed by atoms with Crippen LogP contribution in [0.25, 0.3) is 0 Å². The number of aliphatic imine (C=N–C) groups is 1. The van der Waals surface area contributed by atoms with Crippen LogP contribution in [0.4, 0.5) is 0 Å². The fourth-order valence-corrected chi connectivity index (χ4v) is 4.07. The molecule has 0 saturated heterocycles. The van der Waals surface area contributed by atoms with E-state index in [2.05, 4.69) is 98.6 Å². The molecule has 0 aliphatic carbocycles. The lowest BCUT2D eigenvalue weighted by atomic mass is 9.97. The number of nitrogens with one attached hydrogen (secondary N) is 1. The molecule has 0 fully saturated rings. The summed E-state index contributed by atoms with van der Waals surface area (Å²) < 4.78 is 0. The third kappa shape index (κ3) is 5.45. The second-order valence-corrected chi connectivity index (χ2v) is 8.64. The smallest absolute Gasteiger partial charge is 0.103 e. The number of benzene rings is 2. The van der Waals surface area contributed by atoms with Crippen LogP contribution in [0.3, 0.4) is 0 Å². The van der Waals surface area contributed by atoms with Gasteiger partial charge in [-0.1, -0.05) is 88.4 Å². The van der Waals surface area contributed by atoms with Crippen molar-refractivity contribution < 1.29 is 0 Å². The Morgan fingerprint density at radius 3 is 2.07 bits per heavy atom. The van der Waals surface area contributed by atoms with Crippen LogP contribution >= 0.6 is 0 Å². The molecule has 1 aliphatic heterocycles. The summed E-state index contributed by atoms with van der Waals surface area (Å²) in [6.45, 7) is 11.9. The van der Waals surface area contributed by atoms with Gasteiger partial charge < -0.3 is 10.2 Å². The third-order valence-corrected chi connectivity index (χ3v) is 5.39. The zero-order valence-electron chi connectivity index (χ0n) is 17.8. The first kappa shape index (κ1) is 20.6. The maximum Gasteiger partial charge on any atom is 0.103 e. The summed E-state index contributed by atoms with van der Waals surface area (Å²) in [6.07, 6.45) is 1.14. The highest BCUT2D eigenvalue weighted by atomic mass is 15.3. The first-order valence-electron chi connectivity index (χ1n) is 10.7. The van der Waals surface area contributed by atoms with E-state index in [0.29, 0.717) is 23.9 Å². The molecule has 28 heavy (non-hydrogen) atoms. The topological polar surface area (TPSA) is 27.6 Å². The summed E-state index contributed by atoms with van der Waals surface area (Å²) in [4.78, 5) is 7.78. The Hall–Kier alpha value is -2.13. The summed E-state index contributed by atoms with van der Waals surface area (Å²) in [7, 11) is 0. The molecule has 0 saturated carbocycles. The summed E-state index contributed by atoms with van der Waals surface area (Å²) >= 11 is 0. The Bertz CT molecular complexity index is 737. The third-order valence-electron chi connectivity index (χ3n) is 5.39. The molecule has 2 atom stereocenters. The minimum absolute atomic E-state index is 0.365. The van der Waals surface area contributed by atoms with E-state index < -0.39 is 0 Å². The molecule has 2 aromatic rings. The highest BCUT2D eigenvalue weighted by Crippen LogP contribution is 2.28. The zero-order chi connectivity index (χ0) is 19.9. The summed E-state index contributed by atoms with van der Waals surface area (Å²) in [5.74, 6) is 2.36. The summed E-state index contributed by atoms with van der Waals surface area (Å²) in [5, 5.41) is 3.71. The number of hydrogen-bond donors (Lipinski definition) is 1. The lowest BCUT2D eigenvalue weighted by Gasteiger charge is -2.32. The van der Waals surface area contributed by atoms with E-state index in [0.717, 1.165) is 26.1 Å². The normalized spacial score (nSPS) is 19.5. The van der Waals surface area contributed by atoms with Crippen molar-refractivity contribution in [2.45, 2.75) is 59.3 Å². The maximum atomic E-state index is 5.21. The SMILES string of the molecule is CC(C)C[C@H]1N=C(C(C)C)N(Cc2ccccc2)[C@@H]1CNCc1ccccc1. The molecule has 0 spiro atoms. The van der Waals surface area contributed by atoms with E-state index in [-0.39, 0.29) is 0 Å². The average molecular weight is 378 g/mol. The van der Waals surface area contributed by atoms with Crippen LogP contribution in [0.2, 0.25) is 0 Å². The lowest BCUT2D eigenvalue weighted by molar-refractivity contribution is 0.262. The van der Waals surface area contributed by atoms with Gasteiger partial charge in [-0.3, -0.25) is 4.99 Å². The van der Waals surface area contributed by atoms with Crippen molar-refractivity contribution in [1.29, 1.82) is 0 Å². The number of amidine groups is 1. The van der Waals surface area contributed by atoms with E-state index in [4.69, 9.17) is 4.99 Å². The van der Waals surface area contributed by atoms with Crippen molar-refractivity contribution in [3.8, 4) is 0 Å². The minimum Gasteiger partial charge on any atom is -0.349 e. The standard InChI is InChI=1S/C25H35N3/c1-19(2)15-23-24(17-26-16-21-11-7-5-8-12-21)28(25(27-23)20(3)4)18-22-13-9-6-10-14-22/h5-14,19-20,23-24,26H,15-18H2,1-4H3/t23-,24-/m1/s1. The molecular formula is C25H35N3. The molecule has 1 aliphatic rings. The Labute approximate surface area is 170 Å². The predicted molar refractivity (Wildman–Crippen MR) is 119 cm³/mol. The van der Waals surface area contributed by atoms with Crippen molar-refractivity contribution in [2.75, 3.05) is 6.54 Å². The van der Waals surface area contributed by atoms with Crippen molar-refractivity contribution in [3.05, 3.63) is 71.8 Å². The molecule has 1 heterocycles. The van der Waals surface area contributed by atoms with Gasteiger partial charge in [-0.15, -0.1) is 0 Å². The van der Waals surface area contributed by atoms with Gasteiger partial charge in [-0.2, -0.15) is 0 Å². The van der Waals surface area contributed by atoms with Gasteiger partial charge in [0.05, 0.1) is 12.1 Å². The molecule has 3 heteroatoms. The van der Waals surface area contributed by atoms with Gasteiger partial charge in [0.25, 0.3) is 0 Å². The lowest BCUT2D eigenvalue weighted by Crippen LogP contribution is -2.47. The molecule has 0 unspecified atom stereocenters. The molecule has 0 aromatic heterocycles. The van der Waals surface area contributed by atoms with Crippen molar-refractivity contribution >= 4 is 5.84 Å². The van der Waals surface area contributed by atoms with Crippen LogP contribution < -0.4 is 5.32 Å². The maximum absolute atomic E-state index is 5.21. The van der Waals surface area contributed by atoms with E-state index >= 15 is 0 Å². The predicted octanol–water partition coefficient (Wildman–Crippen LogP) is 5.13. The van der Waals surface area contributed by atoms with Crippen molar-refractivity contribution in [2.24, 2.45) is 16.8 Å². The molecule has 1 N–H and O–H groups in total. The highest BCUT2D eigenvalue weighted by molar-refractivity contribution is 5.86. The molecule has 0 radical (unpaired) electrons. The van der Waals surface area contributed by atoms with Crippen LogP contribution in [0.1, 0.15) is 45.2 Å². The van der Waals surface area contributed by atoms with Crippen molar-refractivity contribution in [3.63, 3.8) is 0 Å². The van der Waals surface area contributed by atoms with E-state index in [1.165, 1.54) is 17.0 Å². The zero-order valence-corrected chi connectivity index (χ0v) is 17.8. The molecule has 150 valence electrons. The highest BCUT2D eigenvalue weighted by Gasteiger charge is 2.36. The number of rotatable bonds is 9. The van der Waals surface area contributed by atoms with Crippen LogP contribution in [0, 0.1) is 11.8 Å². The Morgan fingerprint density at radius 1 is 0.893 bits per heavy atom. The fraction of sp³-hybridized carbons (Fsp3) is 0.480. The monoisotopic (exact) mass is 377 g/mol. The summed E-state index contributed by atoms with van der Waals surface area (Å²) in [6, 6.07) is 22.2. The molecule has 0 bridgehead atoms. The Kier molecular flexibility index (Phi) is 7.27. The van der Waals surface area contributed by atoms with Gasteiger partial charge in [0.15, 0.2) is 0 Å². The van der Waals surface area contributed by atoms with Gasteiger partial charge in [0, 0.05) is 25.6 Å². The summed E-state index contributed by atoms with van der Waals surface area (Å²) in [5.41, 5.74) is 2.69. The Morgan fingerprint density at radius 2 is 1.50 bits per heavy atom. The molecule has 0 amide bonds. The molecule has 3 nitrogen and oxygen atoms in total. The van der Waals surface area contributed by atoms with E-state index in [1.807, 2.05) is 0 Å². The van der Waals surface area contributed by atoms with Crippen LogP contribution in [0.5, 0.6) is 0 Å². The quantitative estimate of drug-likeness (QED) is 0.656. The van der Waals surface area contributed by atoms with Crippen LogP contribution in [-0.2, 0) is 13.1 Å². The Balaban J connectivity index is 1.75.